The number of rotatable bonds is 5. The molecule has 0 amide bonds. The lowest BCUT2D eigenvalue weighted by Gasteiger charge is -2.28. The summed E-state index contributed by atoms with van der Waals surface area (Å²) in [6, 6.07) is 0. The fraction of sp³-hybridized carbons (Fsp3) is 0.500. The summed E-state index contributed by atoms with van der Waals surface area (Å²) in [6.45, 7) is 6.23. The average molecular weight is 276 g/mol. The molecule has 0 saturated heterocycles. The van der Waals surface area contributed by atoms with Crippen LogP contribution in [0.5, 0.6) is 0 Å². The number of hydrogen-bond donors (Lipinski definition) is 2. The van der Waals surface area contributed by atoms with Crippen molar-refractivity contribution in [2.24, 2.45) is 7.05 Å². The number of aromatic carboxylic acids is 1. The molecule has 0 spiro atoms. The second-order valence-electron chi connectivity index (χ2n) is 5.62. The molecule has 0 radical (unpaired) electrons. The van der Waals surface area contributed by atoms with Gasteiger partial charge in [-0.05, 0) is 20.3 Å². The van der Waals surface area contributed by atoms with Crippen molar-refractivity contribution in [1.29, 1.82) is 0 Å². The first-order valence-corrected chi connectivity index (χ1v) is 6.68. The number of fused-ring (bicyclic) bond motifs is 1. The molecule has 0 fully saturated rings. The summed E-state index contributed by atoms with van der Waals surface area (Å²) in [6.07, 6.45) is 5.00. The van der Waals surface area contributed by atoms with Gasteiger partial charge in [-0.2, -0.15) is 5.10 Å². The van der Waals surface area contributed by atoms with Crippen molar-refractivity contribution >= 4 is 22.7 Å². The van der Waals surface area contributed by atoms with Gasteiger partial charge in [0, 0.05) is 18.8 Å². The minimum absolute atomic E-state index is 0.176. The first-order chi connectivity index (χ1) is 9.35. The van der Waals surface area contributed by atoms with E-state index in [1.807, 2.05) is 0 Å². The highest BCUT2D eigenvalue weighted by molar-refractivity contribution is 6.03. The molecular weight excluding hydrogens is 256 g/mol. The number of carboxylic acid groups (broad SMARTS) is 1. The van der Waals surface area contributed by atoms with Gasteiger partial charge in [-0.25, -0.2) is 9.78 Å². The summed E-state index contributed by atoms with van der Waals surface area (Å²) in [7, 11) is 1.79. The van der Waals surface area contributed by atoms with Crippen molar-refractivity contribution in [2.45, 2.75) is 39.2 Å². The van der Waals surface area contributed by atoms with Crippen molar-refractivity contribution in [1.82, 2.24) is 14.8 Å². The summed E-state index contributed by atoms with van der Waals surface area (Å²) >= 11 is 0. The molecule has 6 nitrogen and oxygen atoms in total. The average Bonchev–Trinajstić information content (AvgIpc) is 2.71. The van der Waals surface area contributed by atoms with Crippen LogP contribution < -0.4 is 5.32 Å². The third kappa shape index (κ3) is 2.59. The second-order valence-corrected chi connectivity index (χ2v) is 5.62. The third-order valence-corrected chi connectivity index (χ3v) is 3.33. The number of anilines is 1. The largest absolute Gasteiger partial charge is 0.478 e. The van der Waals surface area contributed by atoms with Crippen LogP contribution in [-0.2, 0) is 7.05 Å². The number of carboxylic acids is 1. The molecule has 0 atom stereocenters. The maximum Gasteiger partial charge on any atom is 0.339 e. The van der Waals surface area contributed by atoms with Crippen molar-refractivity contribution in [2.75, 3.05) is 5.32 Å². The van der Waals surface area contributed by atoms with Gasteiger partial charge in [0.15, 0.2) is 5.65 Å². The molecule has 0 bridgehead atoms. The van der Waals surface area contributed by atoms with E-state index in [9.17, 15) is 9.90 Å². The lowest BCUT2D eigenvalue weighted by atomic mass is 9.97. The normalized spacial score (nSPS) is 11.8. The summed E-state index contributed by atoms with van der Waals surface area (Å²) in [5.41, 5.74) is 1.25. The molecule has 0 unspecified atom stereocenters. The Labute approximate surface area is 117 Å². The van der Waals surface area contributed by atoms with Gasteiger partial charge in [0.1, 0.15) is 5.56 Å². The number of pyridine rings is 1. The van der Waals surface area contributed by atoms with Gasteiger partial charge in [0.2, 0.25) is 0 Å². The number of nitrogens with zero attached hydrogens (tertiary/aromatic N) is 3. The van der Waals surface area contributed by atoms with Gasteiger partial charge in [0.25, 0.3) is 0 Å². The molecule has 2 N–H and O–H groups in total. The Morgan fingerprint density at radius 2 is 2.15 bits per heavy atom. The Bertz CT molecular complexity index is 646. The molecule has 2 aromatic rings. The zero-order valence-electron chi connectivity index (χ0n) is 12.3. The van der Waals surface area contributed by atoms with E-state index >= 15 is 0 Å². The van der Waals surface area contributed by atoms with Crippen LogP contribution in [0.1, 0.15) is 44.0 Å². The van der Waals surface area contributed by atoms with E-state index in [0.29, 0.717) is 11.3 Å². The minimum Gasteiger partial charge on any atom is -0.478 e. The van der Waals surface area contributed by atoms with E-state index in [1.165, 1.54) is 6.20 Å². The standard InChI is InChI=1S/C14H20N4O2/c1-5-6-14(2,3)17-11-9-8-16-18(4)12(9)15-7-10(11)13(19)20/h7-8H,5-6H2,1-4H3,(H,15,17)(H,19,20). The van der Waals surface area contributed by atoms with Crippen LogP contribution in [0.2, 0.25) is 0 Å². The summed E-state index contributed by atoms with van der Waals surface area (Å²) in [5, 5.41) is 17.6. The zero-order valence-corrected chi connectivity index (χ0v) is 12.3. The maximum atomic E-state index is 11.4. The van der Waals surface area contributed by atoms with E-state index in [-0.39, 0.29) is 11.1 Å². The van der Waals surface area contributed by atoms with Gasteiger partial charge < -0.3 is 10.4 Å². The number of hydrogen-bond acceptors (Lipinski definition) is 4. The third-order valence-electron chi connectivity index (χ3n) is 3.33. The number of carbonyl (C=O) groups is 1. The maximum absolute atomic E-state index is 11.4. The molecule has 0 aliphatic carbocycles. The van der Waals surface area contributed by atoms with Crippen molar-refractivity contribution < 1.29 is 9.90 Å². The molecule has 2 rings (SSSR count). The molecule has 0 aliphatic rings. The Morgan fingerprint density at radius 1 is 1.45 bits per heavy atom. The number of aromatic nitrogens is 3. The minimum atomic E-state index is -0.988. The summed E-state index contributed by atoms with van der Waals surface area (Å²) in [4.78, 5) is 15.6. The molecule has 108 valence electrons. The highest BCUT2D eigenvalue weighted by Gasteiger charge is 2.23. The lowest BCUT2D eigenvalue weighted by Crippen LogP contribution is -2.31. The highest BCUT2D eigenvalue weighted by atomic mass is 16.4. The van der Waals surface area contributed by atoms with Gasteiger partial charge in [-0.15, -0.1) is 0 Å². The molecule has 0 aliphatic heterocycles. The van der Waals surface area contributed by atoms with Crippen LogP contribution in [0, 0.1) is 0 Å². The van der Waals surface area contributed by atoms with Gasteiger partial charge in [-0.1, -0.05) is 13.3 Å². The molecule has 2 aromatic heterocycles. The predicted octanol–water partition coefficient (Wildman–Crippen LogP) is 2.66. The fourth-order valence-electron chi connectivity index (χ4n) is 2.42. The Kier molecular flexibility index (Phi) is 3.65. The molecule has 0 saturated carbocycles. The van der Waals surface area contributed by atoms with Crippen LogP contribution in [0.15, 0.2) is 12.4 Å². The topological polar surface area (TPSA) is 80.0 Å². The predicted molar refractivity (Wildman–Crippen MR) is 78.1 cm³/mol. The van der Waals surface area contributed by atoms with Crippen LogP contribution >= 0.6 is 0 Å². The Balaban J connectivity index is 2.58. The lowest BCUT2D eigenvalue weighted by molar-refractivity contribution is 0.0697. The first-order valence-electron chi connectivity index (χ1n) is 6.68. The van der Waals surface area contributed by atoms with Crippen molar-refractivity contribution in [3.63, 3.8) is 0 Å². The quantitative estimate of drug-likeness (QED) is 0.877. The van der Waals surface area contributed by atoms with Crippen molar-refractivity contribution in [3.05, 3.63) is 18.0 Å². The van der Waals surface area contributed by atoms with E-state index in [4.69, 9.17) is 0 Å². The number of aryl methyl sites for hydroxylation is 1. The van der Waals surface area contributed by atoms with Gasteiger partial charge in [0.05, 0.1) is 17.3 Å². The Morgan fingerprint density at radius 3 is 2.75 bits per heavy atom. The van der Waals surface area contributed by atoms with Crippen LogP contribution in [0.4, 0.5) is 5.69 Å². The smallest absolute Gasteiger partial charge is 0.339 e. The van der Waals surface area contributed by atoms with E-state index in [2.05, 4.69) is 36.2 Å². The number of nitrogens with one attached hydrogen (secondary N) is 1. The summed E-state index contributed by atoms with van der Waals surface area (Å²) in [5.74, 6) is -0.988. The molecule has 2 heterocycles. The zero-order chi connectivity index (χ0) is 14.9. The van der Waals surface area contributed by atoms with Crippen LogP contribution in [0.3, 0.4) is 0 Å². The first kappa shape index (κ1) is 14.3. The molecule has 20 heavy (non-hydrogen) atoms. The van der Waals surface area contributed by atoms with E-state index < -0.39 is 5.97 Å². The Hall–Kier alpha value is -2.11. The molecular formula is C14H20N4O2. The van der Waals surface area contributed by atoms with Gasteiger partial charge >= 0.3 is 5.97 Å². The molecule has 6 heteroatoms. The SMILES string of the molecule is CCCC(C)(C)Nc1c(C(=O)O)cnc2c1cnn2C. The van der Waals surface area contributed by atoms with Crippen LogP contribution in [-0.4, -0.2) is 31.4 Å². The second kappa shape index (κ2) is 5.11. The highest BCUT2D eigenvalue weighted by Crippen LogP contribution is 2.29. The van der Waals surface area contributed by atoms with E-state index in [0.717, 1.165) is 18.2 Å². The monoisotopic (exact) mass is 276 g/mol. The van der Waals surface area contributed by atoms with Crippen molar-refractivity contribution in [3.8, 4) is 0 Å². The summed E-state index contributed by atoms with van der Waals surface area (Å²) < 4.78 is 1.64. The molecule has 0 aromatic carbocycles. The van der Waals surface area contributed by atoms with Gasteiger partial charge in [-0.3, -0.25) is 4.68 Å². The fourth-order valence-corrected chi connectivity index (χ4v) is 2.42. The van der Waals surface area contributed by atoms with Crippen LogP contribution in [0.25, 0.3) is 11.0 Å². The van der Waals surface area contributed by atoms with E-state index in [1.54, 1.807) is 17.9 Å².